The van der Waals surface area contributed by atoms with Crippen molar-refractivity contribution < 1.29 is 27.8 Å². The fraction of sp³-hybridized carbons (Fsp3) is 0.947. The Labute approximate surface area is 165 Å². The van der Waals surface area contributed by atoms with E-state index >= 15 is 0 Å². The highest BCUT2D eigenvalue weighted by atomic mass is 19.4. The fourth-order valence-electron chi connectivity index (χ4n) is 3.92. The number of rotatable bonds is 9. The average Bonchev–Trinajstić information content (AvgIpc) is 3.18. The minimum Gasteiger partial charge on any atom is -0.382 e. The SMILES string of the molecule is CC(C)[C@H](N)C1OC1N(CC(=O)N[C@@H](C(C)C)C(O)C(F)(F)F)C1CCCC1. The zero-order valence-electron chi connectivity index (χ0n) is 17.1. The number of halogens is 3. The molecular formula is C19H34F3N3O3. The molecule has 0 radical (unpaired) electrons. The Balaban J connectivity index is 2.04. The van der Waals surface area contributed by atoms with Gasteiger partial charge in [-0.25, -0.2) is 0 Å². The van der Waals surface area contributed by atoms with Crippen LogP contribution in [0.5, 0.6) is 0 Å². The summed E-state index contributed by atoms with van der Waals surface area (Å²) in [6.07, 6.45) is -3.88. The van der Waals surface area contributed by atoms with Gasteiger partial charge in [-0.1, -0.05) is 40.5 Å². The first kappa shape index (κ1) is 23.4. The van der Waals surface area contributed by atoms with Crippen molar-refractivity contribution in [3.05, 3.63) is 0 Å². The summed E-state index contributed by atoms with van der Waals surface area (Å²) in [4.78, 5) is 14.5. The molecule has 2 fully saturated rings. The average molecular weight is 409 g/mol. The Hall–Kier alpha value is -0.900. The van der Waals surface area contributed by atoms with Crippen LogP contribution < -0.4 is 11.1 Å². The highest BCUT2D eigenvalue weighted by molar-refractivity contribution is 5.78. The Bertz CT molecular complexity index is 524. The van der Waals surface area contributed by atoms with Gasteiger partial charge < -0.3 is 20.9 Å². The predicted octanol–water partition coefficient (Wildman–Crippen LogP) is 2.00. The zero-order chi connectivity index (χ0) is 21.2. The van der Waals surface area contributed by atoms with Crippen molar-refractivity contribution in [3.63, 3.8) is 0 Å². The summed E-state index contributed by atoms with van der Waals surface area (Å²) in [5.74, 6) is -0.887. The van der Waals surface area contributed by atoms with E-state index in [0.717, 1.165) is 25.7 Å². The van der Waals surface area contributed by atoms with Crippen LogP contribution in [0.25, 0.3) is 0 Å². The number of carbonyl (C=O) groups excluding carboxylic acids is 1. The van der Waals surface area contributed by atoms with E-state index in [1.54, 1.807) is 0 Å². The third-order valence-corrected chi connectivity index (χ3v) is 5.82. The highest BCUT2D eigenvalue weighted by Gasteiger charge is 2.51. The number of carbonyl (C=O) groups is 1. The third kappa shape index (κ3) is 5.81. The first-order chi connectivity index (χ1) is 12.9. The Morgan fingerprint density at radius 2 is 1.79 bits per heavy atom. The fourth-order valence-corrected chi connectivity index (χ4v) is 3.92. The Morgan fingerprint density at radius 1 is 1.21 bits per heavy atom. The second kappa shape index (κ2) is 9.28. The molecule has 9 heteroatoms. The molecule has 0 aromatic carbocycles. The molecule has 164 valence electrons. The minimum atomic E-state index is -4.79. The maximum atomic E-state index is 12.9. The Kier molecular flexibility index (Phi) is 7.75. The molecule has 0 spiro atoms. The number of alkyl halides is 3. The van der Waals surface area contributed by atoms with Crippen LogP contribution in [0.1, 0.15) is 53.4 Å². The molecule has 1 heterocycles. The molecule has 1 amide bonds. The van der Waals surface area contributed by atoms with Crippen molar-refractivity contribution in [1.82, 2.24) is 10.2 Å². The number of aliphatic hydroxyl groups is 1. The smallest absolute Gasteiger partial charge is 0.382 e. The van der Waals surface area contributed by atoms with Crippen molar-refractivity contribution >= 4 is 5.91 Å². The van der Waals surface area contributed by atoms with Gasteiger partial charge in [0.15, 0.2) is 6.10 Å². The highest BCUT2D eigenvalue weighted by Crippen LogP contribution is 2.36. The van der Waals surface area contributed by atoms with Gasteiger partial charge in [0.2, 0.25) is 5.91 Å². The zero-order valence-corrected chi connectivity index (χ0v) is 17.1. The molecule has 0 bridgehead atoms. The number of ether oxygens (including phenoxy) is 1. The van der Waals surface area contributed by atoms with E-state index in [9.17, 15) is 23.1 Å². The number of aliphatic hydroxyl groups excluding tert-OH is 1. The second-order valence-corrected chi connectivity index (χ2v) is 8.75. The molecule has 1 aliphatic heterocycles. The van der Waals surface area contributed by atoms with Crippen LogP contribution >= 0.6 is 0 Å². The number of nitrogens with one attached hydrogen (secondary N) is 1. The van der Waals surface area contributed by atoms with Gasteiger partial charge in [0.05, 0.1) is 12.6 Å². The molecule has 0 aromatic heterocycles. The van der Waals surface area contributed by atoms with Crippen molar-refractivity contribution in [2.24, 2.45) is 17.6 Å². The summed E-state index contributed by atoms with van der Waals surface area (Å²) in [6, 6.07) is -1.40. The van der Waals surface area contributed by atoms with Crippen LogP contribution in [-0.4, -0.2) is 65.2 Å². The third-order valence-electron chi connectivity index (χ3n) is 5.82. The van der Waals surface area contributed by atoms with Crippen LogP contribution in [0.2, 0.25) is 0 Å². The van der Waals surface area contributed by atoms with E-state index in [-0.39, 0.29) is 36.9 Å². The lowest BCUT2D eigenvalue weighted by Crippen LogP contribution is -2.55. The van der Waals surface area contributed by atoms with E-state index < -0.39 is 30.1 Å². The summed E-state index contributed by atoms with van der Waals surface area (Å²) in [5, 5.41) is 12.0. The van der Waals surface area contributed by atoms with Gasteiger partial charge in [0.25, 0.3) is 0 Å². The molecule has 28 heavy (non-hydrogen) atoms. The Morgan fingerprint density at radius 3 is 2.25 bits per heavy atom. The van der Waals surface area contributed by atoms with Crippen LogP contribution in [0.15, 0.2) is 0 Å². The summed E-state index contributed by atoms with van der Waals surface area (Å²) >= 11 is 0. The van der Waals surface area contributed by atoms with Crippen LogP contribution in [-0.2, 0) is 9.53 Å². The summed E-state index contributed by atoms with van der Waals surface area (Å²) in [6.45, 7) is 7.01. The molecule has 5 atom stereocenters. The first-order valence-corrected chi connectivity index (χ1v) is 10.1. The normalized spacial score (nSPS) is 26.7. The largest absolute Gasteiger partial charge is 0.416 e. The molecule has 6 nitrogen and oxygen atoms in total. The van der Waals surface area contributed by atoms with Gasteiger partial charge in [-0.05, 0) is 24.7 Å². The van der Waals surface area contributed by atoms with E-state index in [2.05, 4.69) is 5.32 Å². The van der Waals surface area contributed by atoms with Crippen molar-refractivity contribution in [2.75, 3.05) is 6.54 Å². The maximum Gasteiger partial charge on any atom is 0.416 e. The van der Waals surface area contributed by atoms with Gasteiger partial charge in [0.1, 0.15) is 12.3 Å². The molecule has 4 N–H and O–H groups in total. The molecule has 1 saturated carbocycles. The van der Waals surface area contributed by atoms with Gasteiger partial charge >= 0.3 is 6.18 Å². The molecule has 1 aliphatic carbocycles. The minimum absolute atomic E-state index is 0.0650. The number of nitrogens with two attached hydrogens (primary N) is 1. The van der Waals surface area contributed by atoms with Gasteiger partial charge in [-0.15, -0.1) is 0 Å². The predicted molar refractivity (Wildman–Crippen MR) is 99.3 cm³/mol. The van der Waals surface area contributed by atoms with Gasteiger partial charge in [0, 0.05) is 12.1 Å². The summed E-state index contributed by atoms with van der Waals surface area (Å²) in [5.41, 5.74) is 6.18. The van der Waals surface area contributed by atoms with E-state index in [1.807, 2.05) is 18.7 Å². The number of hydrogen-bond acceptors (Lipinski definition) is 5. The van der Waals surface area contributed by atoms with Crippen molar-refractivity contribution in [3.8, 4) is 0 Å². The van der Waals surface area contributed by atoms with E-state index in [1.165, 1.54) is 13.8 Å². The van der Waals surface area contributed by atoms with Crippen LogP contribution in [0, 0.1) is 11.8 Å². The van der Waals surface area contributed by atoms with Crippen molar-refractivity contribution in [1.29, 1.82) is 0 Å². The lowest BCUT2D eigenvalue weighted by atomic mass is 9.98. The number of hydrogen-bond donors (Lipinski definition) is 3. The maximum absolute atomic E-state index is 12.9. The second-order valence-electron chi connectivity index (χ2n) is 8.75. The number of epoxide rings is 1. The topological polar surface area (TPSA) is 91.1 Å². The summed E-state index contributed by atoms with van der Waals surface area (Å²) < 4.78 is 44.5. The van der Waals surface area contributed by atoms with Crippen LogP contribution in [0.4, 0.5) is 13.2 Å². The van der Waals surface area contributed by atoms with E-state index in [0.29, 0.717) is 0 Å². The van der Waals surface area contributed by atoms with E-state index in [4.69, 9.17) is 10.5 Å². The number of amides is 1. The lowest BCUT2D eigenvalue weighted by Gasteiger charge is -2.31. The van der Waals surface area contributed by atoms with Crippen LogP contribution in [0.3, 0.4) is 0 Å². The lowest BCUT2D eigenvalue weighted by molar-refractivity contribution is -0.215. The molecular weight excluding hydrogens is 375 g/mol. The molecule has 2 rings (SSSR count). The van der Waals surface area contributed by atoms with Crippen molar-refractivity contribution in [2.45, 2.75) is 96.1 Å². The summed E-state index contributed by atoms with van der Waals surface area (Å²) in [7, 11) is 0. The molecule has 0 aromatic rings. The molecule has 1 saturated heterocycles. The van der Waals surface area contributed by atoms with Gasteiger partial charge in [-0.3, -0.25) is 9.69 Å². The first-order valence-electron chi connectivity index (χ1n) is 10.1. The quantitative estimate of drug-likeness (QED) is 0.507. The van der Waals surface area contributed by atoms with Gasteiger partial charge in [-0.2, -0.15) is 13.2 Å². The molecule has 2 aliphatic rings. The molecule has 3 unspecified atom stereocenters. The number of nitrogens with zero attached hydrogens (tertiary/aromatic N) is 1. The monoisotopic (exact) mass is 409 g/mol. The standard InChI is InChI=1S/C19H34F3N3O3/c1-10(2)14(23)16-18(28-16)25(12-7-5-6-8-12)9-13(26)24-15(11(3)4)17(27)19(20,21)22/h10-12,14-18,27H,5-9,23H2,1-4H3,(H,24,26)/t14-,15-,16?,17?,18?/m0/s1.